The summed E-state index contributed by atoms with van der Waals surface area (Å²) < 4.78 is 5.51. The fourth-order valence-corrected chi connectivity index (χ4v) is 1.73. The van der Waals surface area contributed by atoms with Crippen molar-refractivity contribution in [3.63, 3.8) is 0 Å². The van der Waals surface area contributed by atoms with Crippen LogP contribution in [-0.2, 0) is 11.2 Å². The van der Waals surface area contributed by atoms with Crippen molar-refractivity contribution in [3.05, 3.63) is 29.8 Å². The molecule has 0 amide bonds. The molecule has 1 saturated carbocycles. The number of benzene rings is 1. The van der Waals surface area contributed by atoms with Crippen LogP contribution < -0.4 is 10.1 Å². The zero-order valence-corrected chi connectivity index (χ0v) is 10.6. The molecular formula is C14H19NO3. The van der Waals surface area contributed by atoms with Crippen molar-refractivity contribution in [1.29, 1.82) is 0 Å². The molecule has 1 aromatic carbocycles. The zero-order chi connectivity index (χ0) is 13.0. The van der Waals surface area contributed by atoms with Gasteiger partial charge in [0, 0.05) is 6.04 Å². The topological polar surface area (TPSA) is 58.6 Å². The lowest BCUT2D eigenvalue weighted by atomic mass is 10.2. The highest BCUT2D eigenvalue weighted by molar-refractivity contribution is 5.73. The van der Waals surface area contributed by atoms with Gasteiger partial charge in [0.1, 0.15) is 18.4 Å². The first kappa shape index (κ1) is 12.9. The molecule has 0 spiro atoms. The average molecular weight is 249 g/mol. The third-order valence-corrected chi connectivity index (χ3v) is 3.06. The van der Waals surface area contributed by atoms with E-state index in [-0.39, 0.29) is 6.61 Å². The first-order valence-corrected chi connectivity index (χ1v) is 6.39. The van der Waals surface area contributed by atoms with Crippen molar-refractivity contribution in [2.24, 2.45) is 0 Å². The Balaban J connectivity index is 1.85. The molecule has 4 nitrogen and oxygen atoms in total. The van der Waals surface area contributed by atoms with Crippen LogP contribution in [0, 0.1) is 0 Å². The van der Waals surface area contributed by atoms with Crippen LogP contribution >= 0.6 is 0 Å². The molecule has 1 aliphatic carbocycles. The highest BCUT2D eigenvalue weighted by Gasteiger charge is 2.28. The van der Waals surface area contributed by atoms with Crippen molar-refractivity contribution in [1.82, 2.24) is 5.32 Å². The summed E-state index contributed by atoms with van der Waals surface area (Å²) in [5.41, 5.74) is 1.24. The Bertz CT molecular complexity index is 398. The van der Waals surface area contributed by atoms with Crippen LogP contribution in [0.15, 0.2) is 24.3 Å². The number of carbonyl (C=O) groups is 1. The Morgan fingerprint density at radius 2 is 2.11 bits per heavy atom. The van der Waals surface area contributed by atoms with E-state index in [1.54, 1.807) is 0 Å². The number of ether oxygens (including phenoxy) is 1. The maximum atomic E-state index is 11.0. The second-order valence-corrected chi connectivity index (χ2v) is 4.64. The minimum absolute atomic E-state index is 0.164. The van der Waals surface area contributed by atoms with Crippen molar-refractivity contribution in [2.45, 2.75) is 38.3 Å². The zero-order valence-electron chi connectivity index (χ0n) is 10.6. The first-order chi connectivity index (χ1) is 8.69. The molecule has 1 unspecified atom stereocenters. The van der Waals surface area contributed by atoms with E-state index >= 15 is 0 Å². The van der Waals surface area contributed by atoms with E-state index < -0.39 is 12.0 Å². The predicted octanol–water partition coefficient (Wildman–Crippen LogP) is 1.83. The maximum absolute atomic E-state index is 11.0. The summed E-state index contributed by atoms with van der Waals surface area (Å²) in [6, 6.07) is 7.50. The van der Waals surface area contributed by atoms with Crippen molar-refractivity contribution in [3.8, 4) is 5.75 Å². The second kappa shape index (κ2) is 5.87. The number of hydrogen-bond acceptors (Lipinski definition) is 3. The van der Waals surface area contributed by atoms with Gasteiger partial charge in [0.25, 0.3) is 0 Å². The smallest absolute Gasteiger partial charge is 0.324 e. The minimum Gasteiger partial charge on any atom is -0.491 e. The normalized spacial score (nSPS) is 16.3. The molecule has 1 atom stereocenters. The van der Waals surface area contributed by atoms with Crippen LogP contribution in [-0.4, -0.2) is 29.8 Å². The standard InChI is InChI=1S/C14H19NO3/c1-2-10-3-7-12(8-4-10)18-9-13(14(16)17)15-11-5-6-11/h3-4,7-8,11,13,15H,2,5-6,9H2,1H3,(H,16,17). The molecule has 1 fully saturated rings. The van der Waals surface area contributed by atoms with Gasteiger partial charge in [-0.05, 0) is 37.0 Å². The van der Waals surface area contributed by atoms with Gasteiger partial charge in [-0.15, -0.1) is 0 Å². The summed E-state index contributed by atoms with van der Waals surface area (Å²) in [4.78, 5) is 11.0. The molecule has 0 heterocycles. The van der Waals surface area contributed by atoms with E-state index in [9.17, 15) is 4.79 Å². The molecule has 18 heavy (non-hydrogen) atoms. The van der Waals surface area contributed by atoms with Crippen molar-refractivity contribution < 1.29 is 14.6 Å². The van der Waals surface area contributed by atoms with Crippen LogP contribution in [0.25, 0.3) is 0 Å². The summed E-state index contributed by atoms with van der Waals surface area (Å²) in [6.45, 7) is 2.26. The van der Waals surface area contributed by atoms with E-state index in [1.807, 2.05) is 24.3 Å². The highest BCUT2D eigenvalue weighted by atomic mass is 16.5. The molecule has 1 aliphatic rings. The molecule has 0 bridgehead atoms. The number of hydrogen-bond donors (Lipinski definition) is 2. The Kier molecular flexibility index (Phi) is 4.20. The Morgan fingerprint density at radius 3 is 2.61 bits per heavy atom. The van der Waals surface area contributed by atoms with Gasteiger partial charge in [0.15, 0.2) is 0 Å². The minimum atomic E-state index is -0.855. The third kappa shape index (κ3) is 3.74. The van der Waals surface area contributed by atoms with Crippen LogP contribution in [0.5, 0.6) is 5.75 Å². The van der Waals surface area contributed by atoms with E-state index in [1.165, 1.54) is 5.56 Å². The van der Waals surface area contributed by atoms with Gasteiger partial charge in [-0.25, -0.2) is 0 Å². The Hall–Kier alpha value is -1.55. The van der Waals surface area contributed by atoms with Crippen LogP contribution in [0.2, 0.25) is 0 Å². The Labute approximate surface area is 107 Å². The van der Waals surface area contributed by atoms with E-state index in [0.717, 1.165) is 25.0 Å². The van der Waals surface area contributed by atoms with Crippen molar-refractivity contribution in [2.75, 3.05) is 6.61 Å². The lowest BCUT2D eigenvalue weighted by Crippen LogP contribution is -2.42. The summed E-state index contributed by atoms with van der Waals surface area (Å²) in [5, 5.41) is 12.1. The number of carboxylic acids is 1. The largest absolute Gasteiger partial charge is 0.491 e. The first-order valence-electron chi connectivity index (χ1n) is 6.39. The fraction of sp³-hybridized carbons (Fsp3) is 0.500. The highest BCUT2D eigenvalue weighted by Crippen LogP contribution is 2.20. The number of rotatable bonds is 7. The number of aliphatic carboxylic acids is 1. The third-order valence-electron chi connectivity index (χ3n) is 3.06. The second-order valence-electron chi connectivity index (χ2n) is 4.64. The van der Waals surface area contributed by atoms with Gasteiger partial charge < -0.3 is 9.84 Å². The van der Waals surface area contributed by atoms with Crippen LogP contribution in [0.1, 0.15) is 25.3 Å². The maximum Gasteiger partial charge on any atom is 0.324 e. The number of nitrogens with one attached hydrogen (secondary N) is 1. The summed E-state index contributed by atoms with van der Waals surface area (Å²) in [7, 11) is 0. The van der Waals surface area contributed by atoms with E-state index in [2.05, 4.69) is 12.2 Å². The summed E-state index contributed by atoms with van der Waals surface area (Å²) >= 11 is 0. The number of aryl methyl sites for hydroxylation is 1. The molecule has 0 saturated heterocycles. The van der Waals surface area contributed by atoms with Gasteiger partial charge >= 0.3 is 5.97 Å². The molecule has 2 rings (SSSR count). The SMILES string of the molecule is CCc1ccc(OCC(NC2CC2)C(=O)O)cc1. The van der Waals surface area contributed by atoms with E-state index in [4.69, 9.17) is 9.84 Å². The van der Waals surface area contributed by atoms with E-state index in [0.29, 0.717) is 6.04 Å². The summed E-state index contributed by atoms with van der Waals surface area (Å²) in [5.74, 6) is -0.136. The predicted molar refractivity (Wildman–Crippen MR) is 68.9 cm³/mol. The molecule has 0 aliphatic heterocycles. The molecule has 98 valence electrons. The van der Waals surface area contributed by atoms with Gasteiger partial charge in [0.2, 0.25) is 0 Å². The quantitative estimate of drug-likeness (QED) is 0.774. The fourth-order valence-electron chi connectivity index (χ4n) is 1.73. The van der Waals surface area contributed by atoms with Gasteiger partial charge in [-0.1, -0.05) is 19.1 Å². The molecule has 4 heteroatoms. The molecule has 0 radical (unpaired) electrons. The monoisotopic (exact) mass is 249 g/mol. The summed E-state index contributed by atoms with van der Waals surface area (Å²) in [6.07, 6.45) is 3.12. The number of carboxylic acid groups (broad SMARTS) is 1. The average Bonchev–Trinajstić information content (AvgIpc) is 3.18. The molecule has 2 N–H and O–H groups in total. The van der Waals surface area contributed by atoms with Crippen molar-refractivity contribution >= 4 is 5.97 Å². The molecule has 0 aromatic heterocycles. The molecular weight excluding hydrogens is 230 g/mol. The van der Waals surface area contributed by atoms with Gasteiger partial charge in [-0.3, -0.25) is 10.1 Å². The van der Waals surface area contributed by atoms with Gasteiger partial charge in [-0.2, -0.15) is 0 Å². The molecule has 1 aromatic rings. The Morgan fingerprint density at radius 1 is 1.44 bits per heavy atom. The lowest BCUT2D eigenvalue weighted by Gasteiger charge is -2.15. The van der Waals surface area contributed by atoms with Crippen LogP contribution in [0.3, 0.4) is 0 Å². The van der Waals surface area contributed by atoms with Gasteiger partial charge in [0.05, 0.1) is 0 Å². The lowest BCUT2D eigenvalue weighted by molar-refractivity contribution is -0.140. The van der Waals surface area contributed by atoms with Crippen LogP contribution in [0.4, 0.5) is 0 Å².